The van der Waals surface area contributed by atoms with E-state index in [0.717, 1.165) is 21.3 Å². The van der Waals surface area contributed by atoms with Crippen LogP contribution in [0.3, 0.4) is 0 Å². The number of nitrogens with zero attached hydrogens (tertiary/aromatic N) is 1. The molecule has 1 N–H and O–H groups in total. The Morgan fingerprint density at radius 3 is 2.09 bits per heavy atom. The third kappa shape index (κ3) is 7.03. The zero-order valence-corrected chi connectivity index (χ0v) is 29.4. The number of carbonyl (C=O) groups is 1. The molecule has 0 aliphatic heterocycles. The molecular weight excluding hydrogens is 763 g/mol. The molecule has 0 aliphatic carbocycles. The van der Waals surface area contributed by atoms with Gasteiger partial charge in [0.05, 0.1) is 5.76 Å². The van der Waals surface area contributed by atoms with E-state index in [-0.39, 0.29) is 31.6 Å². The van der Waals surface area contributed by atoms with Gasteiger partial charge in [0.15, 0.2) is 5.78 Å². The first-order valence-corrected chi connectivity index (χ1v) is 15.9. The van der Waals surface area contributed by atoms with Crippen molar-refractivity contribution < 1.29 is 30.0 Å². The second-order valence-electron chi connectivity index (χ2n) is 11.5. The zero-order valence-electron chi connectivity index (χ0n) is 26.2. The summed E-state index contributed by atoms with van der Waals surface area (Å²) in [6.07, 6.45) is 3.11. The quantitative estimate of drug-likeness (QED) is 0.0817. The van der Waals surface area contributed by atoms with Gasteiger partial charge in [-0.2, -0.15) is 11.3 Å². The van der Waals surface area contributed by atoms with Crippen molar-refractivity contribution in [2.24, 2.45) is 0 Å². The molecule has 231 valence electrons. The Hall–Kier alpha value is -4.41. The number of aliphatic hydroxyl groups is 1. The topological polar surface area (TPSA) is 50.2 Å². The predicted octanol–water partition coefficient (Wildman–Crippen LogP) is 11.6. The molecule has 0 aliphatic rings. The Morgan fingerprint density at radius 1 is 0.783 bits per heavy atom. The molecule has 0 unspecified atom stereocenters. The van der Waals surface area contributed by atoms with Crippen molar-refractivity contribution in [1.29, 1.82) is 0 Å². The van der Waals surface area contributed by atoms with Crippen molar-refractivity contribution in [1.82, 2.24) is 4.98 Å². The molecule has 0 saturated heterocycles. The maximum atomic E-state index is 10.0. The van der Waals surface area contributed by atoms with Crippen molar-refractivity contribution in [2.75, 3.05) is 0 Å². The molecule has 2 heterocycles. The maximum absolute atomic E-state index is 10.0. The fraction of sp³-hybridized carbons (Fsp3) is 0.122. The van der Waals surface area contributed by atoms with Crippen molar-refractivity contribution in [3.8, 4) is 32.8 Å². The summed E-state index contributed by atoms with van der Waals surface area (Å²) in [5, 5.41) is 14.5. The summed E-state index contributed by atoms with van der Waals surface area (Å²) in [4.78, 5) is 16.2. The molecule has 0 fully saturated rings. The van der Waals surface area contributed by atoms with Crippen molar-refractivity contribution in [2.45, 2.75) is 33.6 Å². The normalized spacial score (nSPS) is 11.4. The Kier molecular flexibility index (Phi) is 10.3. The van der Waals surface area contributed by atoms with Gasteiger partial charge >= 0.3 is 0 Å². The SMILES string of the molecule is CC(=O)/C=C(/C)O.CC(C)c1ccc2c(ccc3c(-c4[c-]c5sc(-c6ccccc6)cc5c(-c5ccccc5)c4)nccc32)c1.[Ir]. The molecule has 3 nitrogen and oxygen atoms in total. The number of ketones is 1. The Morgan fingerprint density at radius 2 is 1.46 bits per heavy atom. The van der Waals surface area contributed by atoms with Gasteiger partial charge in [-0.15, -0.1) is 17.7 Å². The van der Waals surface area contributed by atoms with Gasteiger partial charge in [-0.05, 0) is 74.5 Å². The number of hydrogen-bond donors (Lipinski definition) is 1. The number of carbonyl (C=O) groups excluding carboxylic acids is 1. The van der Waals surface area contributed by atoms with E-state index in [1.165, 1.54) is 68.6 Å². The van der Waals surface area contributed by atoms with E-state index in [1.807, 2.05) is 6.20 Å². The van der Waals surface area contributed by atoms with Gasteiger partial charge in [-0.25, -0.2) is 0 Å². The fourth-order valence-electron chi connectivity index (χ4n) is 5.68. The first kappa shape index (κ1) is 33.0. The van der Waals surface area contributed by atoms with Crippen LogP contribution in [0.2, 0.25) is 0 Å². The van der Waals surface area contributed by atoms with Crippen LogP contribution in [0.15, 0.2) is 127 Å². The van der Waals surface area contributed by atoms with Crippen molar-refractivity contribution in [3.05, 3.63) is 139 Å². The summed E-state index contributed by atoms with van der Waals surface area (Å²) < 4.78 is 1.15. The van der Waals surface area contributed by atoms with Gasteiger partial charge in [0.25, 0.3) is 0 Å². The average molecular weight is 797 g/mol. The van der Waals surface area contributed by atoms with Crippen LogP contribution in [-0.2, 0) is 24.9 Å². The Labute approximate surface area is 287 Å². The number of aromatic nitrogens is 1. The third-order valence-corrected chi connectivity index (χ3v) is 8.92. The average Bonchev–Trinajstić information content (AvgIpc) is 3.48. The minimum atomic E-state index is -0.125. The first-order valence-electron chi connectivity index (χ1n) is 15.1. The standard InChI is InChI=1S/C36H26NS.C5H8O2.Ir/c1-23(2)26-13-15-29-27(19-26)14-16-31-30(29)17-18-37-36(31)28-20-32(24-9-5-3-6-10-24)33-22-34(38-35(33)21-28)25-11-7-4-8-12-25;1-4(6)3-5(2)7;/h3-20,22-23H,1-2H3;3,6H,1-2H3;/q-1;;/b;4-3-;. The number of aliphatic hydroxyl groups excluding tert-OH is 1. The van der Waals surface area contributed by atoms with Crippen LogP contribution in [0.5, 0.6) is 0 Å². The summed E-state index contributed by atoms with van der Waals surface area (Å²) in [6.45, 7) is 7.34. The molecule has 5 heteroatoms. The fourth-order valence-corrected chi connectivity index (χ4v) is 6.77. The molecule has 0 bridgehead atoms. The molecular formula is C41H34IrNO2S-. The predicted molar refractivity (Wildman–Crippen MR) is 191 cm³/mol. The van der Waals surface area contributed by atoms with E-state index in [4.69, 9.17) is 10.1 Å². The zero-order chi connectivity index (χ0) is 31.5. The van der Waals surface area contributed by atoms with Crippen LogP contribution in [0.4, 0.5) is 0 Å². The molecule has 0 saturated carbocycles. The second kappa shape index (κ2) is 14.3. The van der Waals surface area contributed by atoms with Gasteiger partial charge in [-0.1, -0.05) is 122 Å². The summed E-state index contributed by atoms with van der Waals surface area (Å²) in [6, 6.07) is 43.1. The number of hydrogen-bond acceptors (Lipinski definition) is 4. The van der Waals surface area contributed by atoms with Gasteiger partial charge in [-0.3, -0.25) is 4.79 Å². The number of fused-ring (bicyclic) bond motifs is 4. The van der Waals surface area contributed by atoms with E-state index in [9.17, 15) is 4.79 Å². The van der Waals surface area contributed by atoms with Crippen LogP contribution in [0.25, 0.3) is 64.5 Å². The van der Waals surface area contributed by atoms with E-state index in [0.29, 0.717) is 5.92 Å². The summed E-state index contributed by atoms with van der Waals surface area (Å²) in [5.74, 6) is 0.444. The number of allylic oxidation sites excluding steroid dienone is 2. The monoisotopic (exact) mass is 797 g/mol. The number of pyridine rings is 1. The van der Waals surface area contributed by atoms with Crippen LogP contribution in [0.1, 0.15) is 39.2 Å². The van der Waals surface area contributed by atoms with Crippen LogP contribution in [0, 0.1) is 6.07 Å². The minimum absolute atomic E-state index is 0. The van der Waals surface area contributed by atoms with Gasteiger partial charge in [0.2, 0.25) is 0 Å². The van der Waals surface area contributed by atoms with Crippen molar-refractivity contribution in [3.63, 3.8) is 0 Å². The molecule has 0 amide bonds. The van der Waals surface area contributed by atoms with E-state index < -0.39 is 0 Å². The van der Waals surface area contributed by atoms with Gasteiger partial charge < -0.3 is 10.1 Å². The second-order valence-corrected chi connectivity index (χ2v) is 12.6. The third-order valence-electron chi connectivity index (χ3n) is 7.82. The summed E-state index contributed by atoms with van der Waals surface area (Å²) in [7, 11) is 0. The largest absolute Gasteiger partial charge is 0.512 e. The molecule has 46 heavy (non-hydrogen) atoms. The van der Waals surface area contributed by atoms with Crippen LogP contribution >= 0.6 is 11.3 Å². The van der Waals surface area contributed by atoms with E-state index in [1.54, 1.807) is 11.3 Å². The number of benzene rings is 5. The maximum Gasteiger partial charge on any atom is 0.155 e. The summed E-state index contributed by atoms with van der Waals surface area (Å²) >= 11 is 1.80. The molecule has 0 spiro atoms. The van der Waals surface area contributed by atoms with Gasteiger partial charge in [0.1, 0.15) is 0 Å². The van der Waals surface area contributed by atoms with E-state index in [2.05, 4.69) is 129 Å². The summed E-state index contributed by atoms with van der Waals surface area (Å²) in [5.41, 5.74) is 7.03. The molecule has 1 radical (unpaired) electrons. The first-order chi connectivity index (χ1) is 21.8. The molecule has 2 aromatic heterocycles. The van der Waals surface area contributed by atoms with Crippen molar-refractivity contribution >= 4 is 48.8 Å². The van der Waals surface area contributed by atoms with Gasteiger partial charge in [0, 0.05) is 37.3 Å². The molecule has 7 rings (SSSR count). The molecule has 5 aromatic carbocycles. The Bertz CT molecular complexity index is 2180. The molecule has 7 aromatic rings. The molecule has 0 atom stereocenters. The van der Waals surface area contributed by atoms with Crippen LogP contribution < -0.4 is 0 Å². The minimum Gasteiger partial charge on any atom is -0.512 e. The van der Waals surface area contributed by atoms with E-state index >= 15 is 0 Å². The number of rotatable bonds is 5. The Balaban J connectivity index is 0.000000471. The smallest absolute Gasteiger partial charge is 0.155 e. The van der Waals surface area contributed by atoms with Crippen LogP contribution in [-0.4, -0.2) is 15.9 Å². The number of thiophene rings is 1.